The first-order valence-corrected chi connectivity index (χ1v) is 15.3. The van der Waals surface area contributed by atoms with Crippen molar-refractivity contribution in [3.63, 3.8) is 0 Å². The zero-order chi connectivity index (χ0) is 30.1. The van der Waals surface area contributed by atoms with Crippen molar-refractivity contribution >= 4 is 62.7 Å². The van der Waals surface area contributed by atoms with Crippen LogP contribution in [0.4, 0.5) is 11.4 Å². The van der Waals surface area contributed by atoms with Crippen LogP contribution in [-0.2, 0) is 20.9 Å². The minimum atomic E-state index is -0.500. The van der Waals surface area contributed by atoms with Crippen molar-refractivity contribution in [3.8, 4) is 5.75 Å². The Bertz CT molecular complexity index is 1930. The Hall–Kier alpha value is -4.61. The number of esters is 1. The highest BCUT2D eigenvalue weighted by Gasteiger charge is 2.35. The lowest BCUT2D eigenvalue weighted by Crippen LogP contribution is -2.36. The van der Waals surface area contributed by atoms with Gasteiger partial charge in [-0.1, -0.05) is 60.3 Å². The van der Waals surface area contributed by atoms with E-state index in [2.05, 4.69) is 5.10 Å². The number of rotatable bonds is 7. The molecule has 0 saturated heterocycles. The number of amides is 1. The summed E-state index contributed by atoms with van der Waals surface area (Å²) in [5.74, 6) is -0.195. The lowest BCUT2D eigenvalue weighted by molar-refractivity contribution is -0.141. The maximum absolute atomic E-state index is 14.3. The molecule has 0 unspecified atom stereocenters. The Morgan fingerprint density at radius 3 is 2.40 bits per heavy atom. The molecule has 11 heteroatoms. The number of hydrogen-bond acceptors (Lipinski definition) is 9. The minimum absolute atomic E-state index is 0.201. The molecule has 2 aliphatic heterocycles. The molecule has 218 valence electrons. The quantitative estimate of drug-likeness (QED) is 0.294. The zero-order valence-corrected chi connectivity index (χ0v) is 25.4. The fraction of sp³-hybridized carbons (Fsp3) is 0.188. The average Bonchev–Trinajstić information content (AvgIpc) is 3.63. The second kappa shape index (κ2) is 11.9. The largest absolute Gasteiger partial charge is 0.497 e. The van der Waals surface area contributed by atoms with Gasteiger partial charge in [-0.2, -0.15) is 10.1 Å². The van der Waals surface area contributed by atoms with Crippen molar-refractivity contribution in [2.75, 3.05) is 30.7 Å². The molecule has 0 N–H and O–H groups in total. The molecule has 6 rings (SSSR count). The summed E-state index contributed by atoms with van der Waals surface area (Å²) < 4.78 is 13.2. The van der Waals surface area contributed by atoms with E-state index in [1.807, 2.05) is 78.7 Å². The molecule has 3 heterocycles. The van der Waals surface area contributed by atoms with Crippen LogP contribution in [0.25, 0.3) is 10.6 Å². The molecule has 0 radical (unpaired) electrons. The molecule has 0 saturated carbocycles. The Morgan fingerprint density at radius 2 is 1.70 bits per heavy atom. The van der Waals surface area contributed by atoms with Crippen molar-refractivity contribution in [3.05, 3.63) is 104 Å². The van der Waals surface area contributed by atoms with E-state index in [1.54, 1.807) is 30.7 Å². The van der Waals surface area contributed by atoms with Gasteiger partial charge in [-0.05, 0) is 36.8 Å². The van der Waals surface area contributed by atoms with Crippen molar-refractivity contribution < 1.29 is 19.1 Å². The van der Waals surface area contributed by atoms with Crippen molar-refractivity contribution in [2.45, 2.75) is 24.8 Å². The number of benzene rings is 3. The predicted octanol–water partition coefficient (Wildman–Crippen LogP) is 3.78. The normalized spacial score (nSPS) is 16.8. The fourth-order valence-electron chi connectivity index (χ4n) is 4.97. The third-order valence-corrected chi connectivity index (χ3v) is 9.60. The van der Waals surface area contributed by atoms with Crippen molar-refractivity contribution in [1.29, 1.82) is 0 Å². The van der Waals surface area contributed by atoms with Gasteiger partial charge in [0.15, 0.2) is 0 Å². The number of anilines is 2. The lowest BCUT2D eigenvalue weighted by Gasteiger charge is -2.13. The molecule has 1 aromatic heterocycles. The van der Waals surface area contributed by atoms with Crippen LogP contribution in [0.15, 0.2) is 93.7 Å². The topological polar surface area (TPSA) is 93.4 Å². The Kier molecular flexibility index (Phi) is 7.92. The molecule has 0 atom stereocenters. The molecule has 0 bridgehead atoms. The number of aromatic nitrogens is 1. The van der Waals surface area contributed by atoms with E-state index < -0.39 is 11.9 Å². The first-order valence-electron chi connectivity index (χ1n) is 13.6. The molecular formula is C32H28N4O5S2. The van der Waals surface area contributed by atoms with Gasteiger partial charge in [0, 0.05) is 18.0 Å². The van der Waals surface area contributed by atoms with Gasteiger partial charge >= 0.3 is 5.97 Å². The van der Waals surface area contributed by atoms with Crippen LogP contribution in [0.5, 0.6) is 5.75 Å². The lowest BCUT2D eigenvalue weighted by atomic mass is 10.1. The Labute approximate surface area is 256 Å². The first kappa shape index (κ1) is 28.5. The van der Waals surface area contributed by atoms with Crippen LogP contribution < -0.4 is 29.4 Å². The molecule has 1 amide bonds. The molecule has 0 spiro atoms. The van der Waals surface area contributed by atoms with Gasteiger partial charge in [0.1, 0.15) is 20.0 Å². The number of thiazole rings is 1. The van der Waals surface area contributed by atoms with E-state index in [0.29, 0.717) is 20.6 Å². The SMILES string of the molecule is CCOC(=O)CC1=NN(c2ccccc2)C(=O)/C1=c1/s/c(=C2\Sc3ccc(OC)cc3N2C)c(=O)n1Cc1ccccc1. The van der Waals surface area contributed by atoms with E-state index in [9.17, 15) is 14.4 Å². The number of nitrogens with zero attached hydrogens (tertiary/aromatic N) is 4. The van der Waals surface area contributed by atoms with E-state index >= 15 is 0 Å². The van der Waals surface area contributed by atoms with Gasteiger partial charge in [0.25, 0.3) is 11.5 Å². The number of hydrazone groups is 1. The molecule has 0 fully saturated rings. The van der Waals surface area contributed by atoms with Gasteiger partial charge in [0.2, 0.25) is 0 Å². The van der Waals surface area contributed by atoms with Crippen LogP contribution in [0.2, 0.25) is 0 Å². The number of para-hydroxylation sites is 1. The third-order valence-electron chi connectivity index (χ3n) is 7.05. The molecule has 3 aromatic carbocycles. The monoisotopic (exact) mass is 612 g/mol. The molecular weight excluding hydrogens is 585 g/mol. The number of hydrogen-bond donors (Lipinski definition) is 0. The molecule has 4 aromatic rings. The predicted molar refractivity (Wildman–Crippen MR) is 170 cm³/mol. The Balaban J connectivity index is 1.60. The van der Waals surface area contributed by atoms with Crippen molar-refractivity contribution in [2.24, 2.45) is 5.10 Å². The number of carbonyl (C=O) groups excluding carboxylic acids is 2. The molecule has 43 heavy (non-hydrogen) atoms. The van der Waals surface area contributed by atoms with E-state index in [0.717, 1.165) is 21.2 Å². The van der Waals surface area contributed by atoms with Gasteiger partial charge < -0.3 is 14.4 Å². The van der Waals surface area contributed by atoms with Crippen LogP contribution in [0.3, 0.4) is 0 Å². The second-order valence-electron chi connectivity index (χ2n) is 9.77. The highest BCUT2D eigenvalue weighted by Crippen LogP contribution is 2.46. The smallest absolute Gasteiger partial charge is 0.311 e. The molecule has 2 aliphatic rings. The zero-order valence-electron chi connectivity index (χ0n) is 23.8. The second-order valence-corrected chi connectivity index (χ2v) is 11.8. The summed E-state index contributed by atoms with van der Waals surface area (Å²) in [7, 11) is 3.53. The summed E-state index contributed by atoms with van der Waals surface area (Å²) in [6.45, 7) is 2.17. The van der Waals surface area contributed by atoms with Gasteiger partial charge in [0.05, 0.1) is 49.3 Å². The molecule has 9 nitrogen and oxygen atoms in total. The summed E-state index contributed by atoms with van der Waals surface area (Å²) in [6.07, 6.45) is -0.207. The Morgan fingerprint density at radius 1 is 0.977 bits per heavy atom. The van der Waals surface area contributed by atoms with Gasteiger partial charge in [-0.25, -0.2) is 0 Å². The number of fused-ring (bicyclic) bond motifs is 1. The van der Waals surface area contributed by atoms with Crippen LogP contribution in [0.1, 0.15) is 18.9 Å². The summed E-state index contributed by atoms with van der Waals surface area (Å²) in [4.78, 5) is 44.0. The molecule has 0 aliphatic carbocycles. The maximum atomic E-state index is 14.3. The van der Waals surface area contributed by atoms with Gasteiger partial charge in [-0.15, -0.1) is 11.3 Å². The standard InChI is InChI=1S/C32H28N4O5S2/c1-4-41-26(37)18-23-27(29(38)36(33-23)21-13-9-6-10-14-21)31-35(19-20-11-7-5-8-12-20)30(39)28(43-31)32-34(2)24-17-22(40-3)15-16-25(24)42-32/h5-17H,4,18-19H2,1-3H3/b31-27+,32-28-. The van der Waals surface area contributed by atoms with Crippen molar-refractivity contribution in [1.82, 2.24) is 4.57 Å². The van der Waals surface area contributed by atoms with E-state index in [-0.39, 0.29) is 36.4 Å². The van der Waals surface area contributed by atoms with Gasteiger partial charge in [-0.3, -0.25) is 19.0 Å². The maximum Gasteiger partial charge on any atom is 0.311 e. The van der Waals surface area contributed by atoms with Crippen LogP contribution >= 0.6 is 23.1 Å². The fourth-order valence-corrected chi connectivity index (χ4v) is 7.46. The number of thioether (sulfide) groups is 1. The van der Waals surface area contributed by atoms with Crippen LogP contribution in [-0.4, -0.2) is 42.9 Å². The first-order chi connectivity index (χ1) is 20.9. The number of carbonyl (C=O) groups is 2. The summed E-state index contributed by atoms with van der Waals surface area (Å²) >= 11 is 2.72. The summed E-state index contributed by atoms with van der Waals surface area (Å²) in [5.41, 5.74) is 2.62. The summed E-state index contributed by atoms with van der Waals surface area (Å²) in [6, 6.07) is 24.4. The number of ether oxygens (including phenoxy) is 2. The number of methoxy groups -OCH3 is 1. The highest BCUT2D eigenvalue weighted by molar-refractivity contribution is 8.08. The van der Waals surface area contributed by atoms with E-state index in [4.69, 9.17) is 9.47 Å². The summed E-state index contributed by atoms with van der Waals surface area (Å²) in [5, 5.41) is 6.62. The highest BCUT2D eigenvalue weighted by atomic mass is 32.2. The van der Waals surface area contributed by atoms with Crippen LogP contribution in [0, 0.1) is 0 Å². The average molecular weight is 613 g/mol. The van der Waals surface area contributed by atoms with E-state index in [1.165, 1.54) is 28.1 Å². The minimum Gasteiger partial charge on any atom is -0.497 e. The third kappa shape index (κ3) is 5.37.